The molecule has 2 rings (SSSR count). The van der Waals surface area contributed by atoms with Crippen LogP contribution in [-0.4, -0.2) is 49.6 Å². The van der Waals surface area contributed by atoms with Crippen molar-refractivity contribution in [3.63, 3.8) is 0 Å². The van der Waals surface area contributed by atoms with E-state index in [-0.39, 0.29) is 18.2 Å². The molecule has 1 aromatic rings. The first kappa shape index (κ1) is 19.7. The van der Waals surface area contributed by atoms with Crippen LogP contribution in [0, 0.1) is 0 Å². The van der Waals surface area contributed by atoms with Gasteiger partial charge in [0.25, 0.3) is 0 Å². The van der Waals surface area contributed by atoms with Crippen LogP contribution in [0.4, 0.5) is 0 Å². The van der Waals surface area contributed by atoms with Crippen molar-refractivity contribution in [3.8, 4) is 11.5 Å². The molecule has 1 fully saturated rings. The van der Waals surface area contributed by atoms with Gasteiger partial charge in [0.05, 0.1) is 19.6 Å². The molecule has 0 radical (unpaired) electrons. The zero-order valence-electron chi connectivity index (χ0n) is 15.2. The number of nitrogens with one attached hydrogen (secondary N) is 2. The number of piperazine rings is 1. The minimum Gasteiger partial charge on any atom is -0.493 e. The second-order valence-corrected chi connectivity index (χ2v) is 6.24. The van der Waals surface area contributed by atoms with Crippen molar-refractivity contribution in [1.29, 1.82) is 0 Å². The van der Waals surface area contributed by atoms with Gasteiger partial charge in [0, 0.05) is 25.2 Å². The van der Waals surface area contributed by atoms with Gasteiger partial charge in [0.1, 0.15) is 6.61 Å². The number of carbonyl (C=O) groups excluding carboxylic acids is 2. The molecule has 1 saturated heterocycles. The zero-order valence-corrected chi connectivity index (χ0v) is 15.2. The molecule has 0 aromatic heterocycles. The molecule has 1 aliphatic rings. The van der Waals surface area contributed by atoms with Crippen LogP contribution in [0.5, 0.6) is 11.5 Å². The molecule has 0 bridgehead atoms. The third kappa shape index (κ3) is 4.96. The lowest BCUT2D eigenvalue weighted by Gasteiger charge is -2.35. The number of nitrogens with zero attached hydrogens (tertiary/aromatic N) is 1. The van der Waals surface area contributed by atoms with E-state index < -0.39 is 6.04 Å². The molecule has 1 aromatic carbocycles. The summed E-state index contributed by atoms with van der Waals surface area (Å²) in [5.41, 5.74) is 3.84. The molecule has 1 heterocycles. The van der Waals surface area contributed by atoms with Crippen LogP contribution in [0.2, 0.25) is 0 Å². The van der Waals surface area contributed by atoms with Crippen molar-refractivity contribution in [2.75, 3.05) is 26.8 Å². The van der Waals surface area contributed by atoms with E-state index in [0.717, 1.165) is 11.1 Å². The van der Waals surface area contributed by atoms with E-state index >= 15 is 0 Å². The second kappa shape index (κ2) is 9.21. The molecular weight excluding hydrogens is 336 g/mol. The number of methoxy groups -OCH3 is 1. The Morgan fingerprint density at radius 3 is 2.92 bits per heavy atom. The Hall–Kier alpha value is -2.58. The van der Waals surface area contributed by atoms with Crippen LogP contribution in [0.15, 0.2) is 30.4 Å². The molecule has 0 spiro atoms. The van der Waals surface area contributed by atoms with Crippen molar-refractivity contribution in [2.24, 2.45) is 5.84 Å². The van der Waals surface area contributed by atoms with Gasteiger partial charge in [-0.3, -0.25) is 19.9 Å². The molecule has 142 valence electrons. The van der Waals surface area contributed by atoms with Gasteiger partial charge in [0.15, 0.2) is 11.5 Å². The van der Waals surface area contributed by atoms with Crippen LogP contribution < -0.4 is 26.1 Å². The summed E-state index contributed by atoms with van der Waals surface area (Å²) in [5, 5.41) is 2.79. The number of rotatable bonds is 8. The molecule has 4 N–H and O–H groups in total. The fraction of sp³-hybridized carbons (Fsp3) is 0.444. The summed E-state index contributed by atoms with van der Waals surface area (Å²) < 4.78 is 11.3. The maximum atomic E-state index is 12.2. The van der Waals surface area contributed by atoms with Gasteiger partial charge in [-0.15, -0.1) is 0 Å². The Morgan fingerprint density at radius 1 is 1.50 bits per heavy atom. The Morgan fingerprint density at radius 2 is 2.27 bits per heavy atom. The van der Waals surface area contributed by atoms with Crippen molar-refractivity contribution >= 4 is 11.8 Å². The van der Waals surface area contributed by atoms with E-state index in [1.807, 2.05) is 30.0 Å². The highest BCUT2D eigenvalue weighted by atomic mass is 16.5. The van der Waals surface area contributed by atoms with Crippen LogP contribution >= 0.6 is 0 Å². The number of carbonyl (C=O) groups is 2. The van der Waals surface area contributed by atoms with Gasteiger partial charge in [-0.2, -0.15) is 0 Å². The highest BCUT2D eigenvalue weighted by Crippen LogP contribution is 2.33. The first-order chi connectivity index (χ1) is 12.5. The lowest BCUT2D eigenvalue weighted by molar-refractivity contribution is -0.134. The van der Waals surface area contributed by atoms with Crippen molar-refractivity contribution in [1.82, 2.24) is 15.6 Å². The third-order valence-corrected chi connectivity index (χ3v) is 4.10. The van der Waals surface area contributed by atoms with E-state index in [4.69, 9.17) is 15.3 Å². The number of amides is 2. The summed E-state index contributed by atoms with van der Waals surface area (Å²) in [6.07, 6.45) is -0.00570. The van der Waals surface area contributed by atoms with Crippen LogP contribution in [-0.2, 0) is 16.1 Å². The largest absolute Gasteiger partial charge is 0.493 e. The Balaban J connectivity index is 2.25. The van der Waals surface area contributed by atoms with E-state index in [1.54, 1.807) is 7.11 Å². The first-order valence-electron chi connectivity index (χ1n) is 8.40. The van der Waals surface area contributed by atoms with Crippen LogP contribution in [0.1, 0.15) is 18.9 Å². The highest BCUT2D eigenvalue weighted by Gasteiger charge is 2.32. The molecule has 0 saturated carbocycles. The van der Waals surface area contributed by atoms with Gasteiger partial charge >= 0.3 is 0 Å². The van der Waals surface area contributed by atoms with Gasteiger partial charge in [-0.1, -0.05) is 18.7 Å². The average molecular weight is 362 g/mol. The normalized spacial score (nSPS) is 17.3. The molecule has 0 aliphatic carbocycles. The predicted molar refractivity (Wildman–Crippen MR) is 97.5 cm³/mol. The molecule has 8 heteroatoms. The fourth-order valence-electron chi connectivity index (χ4n) is 2.83. The monoisotopic (exact) mass is 362 g/mol. The standard InChI is InChI=1S/C18H26N4O4/c1-12(2)11-26-17-13(5-4-6-15(17)25-3)10-22-8-7-20-18(24)14(22)9-16(23)21-19/h4-6,14H,1,7-11,19H2,2-3H3,(H,20,24)(H,21,23). The minimum atomic E-state index is -0.590. The number of para-hydroxylation sites is 1. The van der Waals surface area contributed by atoms with Crippen LogP contribution in [0.3, 0.4) is 0 Å². The van der Waals surface area contributed by atoms with Gasteiger partial charge in [-0.25, -0.2) is 5.84 Å². The third-order valence-electron chi connectivity index (χ3n) is 4.10. The Labute approximate surface area is 153 Å². The minimum absolute atomic E-state index is 0.00570. The summed E-state index contributed by atoms with van der Waals surface area (Å²) in [6, 6.07) is 5.02. The Kier molecular flexibility index (Phi) is 6.99. The van der Waals surface area contributed by atoms with Gasteiger partial charge < -0.3 is 14.8 Å². The summed E-state index contributed by atoms with van der Waals surface area (Å²) >= 11 is 0. The second-order valence-electron chi connectivity index (χ2n) is 6.24. The molecule has 1 aliphatic heterocycles. The zero-order chi connectivity index (χ0) is 19.1. The summed E-state index contributed by atoms with van der Waals surface area (Å²) in [6.45, 7) is 7.68. The van der Waals surface area contributed by atoms with Crippen molar-refractivity contribution in [3.05, 3.63) is 35.9 Å². The number of hydrogen-bond donors (Lipinski definition) is 3. The van der Waals surface area contributed by atoms with E-state index in [1.165, 1.54) is 0 Å². The van der Waals surface area contributed by atoms with Gasteiger partial charge in [0.2, 0.25) is 11.8 Å². The molecule has 1 atom stereocenters. The van der Waals surface area contributed by atoms with E-state index in [0.29, 0.717) is 37.7 Å². The lowest BCUT2D eigenvalue weighted by atomic mass is 10.1. The van der Waals surface area contributed by atoms with Crippen LogP contribution in [0.25, 0.3) is 0 Å². The predicted octanol–water partition coefficient (Wildman–Crippen LogP) is 0.331. The molecule has 2 amide bonds. The smallest absolute Gasteiger partial charge is 0.237 e. The SMILES string of the molecule is C=C(C)COc1c(CN2CCNC(=O)C2CC(=O)NN)cccc1OC. The molecule has 8 nitrogen and oxygen atoms in total. The summed E-state index contributed by atoms with van der Waals surface area (Å²) in [7, 11) is 1.58. The number of hydrazine groups is 1. The highest BCUT2D eigenvalue weighted by molar-refractivity contribution is 5.88. The number of hydrogen-bond acceptors (Lipinski definition) is 6. The van der Waals surface area contributed by atoms with E-state index in [2.05, 4.69) is 17.3 Å². The van der Waals surface area contributed by atoms with Crippen molar-refractivity contribution < 1.29 is 19.1 Å². The summed E-state index contributed by atoms with van der Waals surface area (Å²) in [5.74, 6) is 5.82. The van der Waals surface area contributed by atoms with Gasteiger partial charge in [-0.05, 0) is 18.6 Å². The quantitative estimate of drug-likeness (QED) is 0.266. The maximum absolute atomic E-state index is 12.2. The molecule has 26 heavy (non-hydrogen) atoms. The summed E-state index contributed by atoms with van der Waals surface area (Å²) in [4.78, 5) is 25.8. The topological polar surface area (TPSA) is 106 Å². The van der Waals surface area contributed by atoms with E-state index in [9.17, 15) is 9.59 Å². The first-order valence-corrected chi connectivity index (χ1v) is 8.40. The molecular formula is C18H26N4O4. The number of nitrogens with two attached hydrogens (primary N) is 1. The average Bonchev–Trinajstić information content (AvgIpc) is 2.62. The molecule has 1 unspecified atom stereocenters. The fourth-order valence-corrected chi connectivity index (χ4v) is 2.83. The maximum Gasteiger partial charge on any atom is 0.237 e. The lowest BCUT2D eigenvalue weighted by Crippen LogP contribution is -2.56. The van der Waals surface area contributed by atoms with Crippen molar-refractivity contribution in [2.45, 2.75) is 25.9 Å². The Bertz CT molecular complexity index is 677. The number of ether oxygens (including phenoxy) is 2. The number of benzene rings is 1.